The van der Waals surface area contributed by atoms with Crippen LogP contribution >= 0.6 is 11.3 Å². The second-order valence-electron chi connectivity index (χ2n) is 3.56. The van der Waals surface area contributed by atoms with Crippen LogP contribution in [0.2, 0.25) is 0 Å². The van der Waals surface area contributed by atoms with Crippen LogP contribution in [0.25, 0.3) is 10.6 Å². The molecular formula is C11H12N2OS. The topological polar surface area (TPSA) is 45.8 Å². The van der Waals surface area contributed by atoms with E-state index < -0.39 is 0 Å². The molecule has 2 aromatic heterocycles. The summed E-state index contributed by atoms with van der Waals surface area (Å²) < 4.78 is 0. The fraction of sp³-hybridized carbons (Fsp3) is 0.273. The van der Waals surface area contributed by atoms with E-state index in [1.54, 1.807) is 11.3 Å². The van der Waals surface area contributed by atoms with Crippen molar-refractivity contribution in [1.29, 1.82) is 0 Å². The lowest BCUT2D eigenvalue weighted by Gasteiger charge is -2.03. The molecule has 0 aliphatic carbocycles. The summed E-state index contributed by atoms with van der Waals surface area (Å²) in [6, 6.07) is 4.09. The minimum atomic E-state index is -0.107. The minimum Gasteiger partial charge on any atom is -0.268 e. The Morgan fingerprint density at radius 3 is 2.53 bits per heavy atom. The summed E-state index contributed by atoms with van der Waals surface area (Å²) in [6.45, 7) is 5.81. The first-order valence-corrected chi connectivity index (χ1v) is 5.54. The van der Waals surface area contributed by atoms with Gasteiger partial charge in [0.25, 0.3) is 5.56 Å². The standard InChI is InChI=1S/C11H12N2OS/c1-6-4-5-9(15-6)10-7(2)8(3)11(14)13-12-10/h4-5H,1-3H3,(H,13,14). The third kappa shape index (κ3) is 1.72. The first kappa shape index (κ1) is 10.1. The van der Waals surface area contributed by atoms with Crippen LogP contribution in [0.5, 0.6) is 0 Å². The van der Waals surface area contributed by atoms with Gasteiger partial charge in [0, 0.05) is 10.4 Å². The van der Waals surface area contributed by atoms with Crippen LogP contribution in [-0.4, -0.2) is 10.2 Å². The largest absolute Gasteiger partial charge is 0.268 e. The lowest BCUT2D eigenvalue weighted by Crippen LogP contribution is -2.13. The Bertz CT molecular complexity index is 554. The van der Waals surface area contributed by atoms with Gasteiger partial charge in [-0.1, -0.05) is 0 Å². The molecule has 1 N–H and O–H groups in total. The van der Waals surface area contributed by atoms with Crippen LogP contribution in [0.1, 0.15) is 16.0 Å². The first-order valence-electron chi connectivity index (χ1n) is 4.72. The highest BCUT2D eigenvalue weighted by Crippen LogP contribution is 2.28. The zero-order valence-corrected chi connectivity index (χ0v) is 9.73. The van der Waals surface area contributed by atoms with Gasteiger partial charge >= 0.3 is 0 Å². The fourth-order valence-electron chi connectivity index (χ4n) is 1.42. The Labute approximate surface area is 91.8 Å². The zero-order valence-electron chi connectivity index (χ0n) is 8.92. The number of nitrogens with one attached hydrogen (secondary N) is 1. The summed E-state index contributed by atoms with van der Waals surface area (Å²) in [5, 5.41) is 6.61. The summed E-state index contributed by atoms with van der Waals surface area (Å²) in [5.41, 5.74) is 2.47. The summed E-state index contributed by atoms with van der Waals surface area (Å²) in [4.78, 5) is 13.7. The van der Waals surface area contributed by atoms with Crippen LogP contribution in [0.15, 0.2) is 16.9 Å². The maximum absolute atomic E-state index is 11.3. The fourth-order valence-corrected chi connectivity index (χ4v) is 2.34. The number of nitrogens with zero attached hydrogens (tertiary/aromatic N) is 1. The molecule has 0 bridgehead atoms. The van der Waals surface area contributed by atoms with Gasteiger partial charge in [0.2, 0.25) is 0 Å². The second-order valence-corrected chi connectivity index (χ2v) is 4.85. The summed E-state index contributed by atoms with van der Waals surface area (Å²) in [5.74, 6) is 0. The summed E-state index contributed by atoms with van der Waals surface area (Å²) in [6.07, 6.45) is 0. The number of aromatic nitrogens is 2. The molecule has 3 nitrogen and oxygen atoms in total. The molecule has 2 aromatic rings. The van der Waals surface area contributed by atoms with E-state index in [-0.39, 0.29) is 5.56 Å². The Morgan fingerprint density at radius 1 is 1.20 bits per heavy atom. The van der Waals surface area contributed by atoms with Gasteiger partial charge in [0.1, 0.15) is 5.69 Å². The van der Waals surface area contributed by atoms with Gasteiger partial charge in [-0.05, 0) is 38.5 Å². The average Bonchev–Trinajstić information content (AvgIpc) is 2.61. The molecule has 4 heteroatoms. The van der Waals surface area contributed by atoms with E-state index in [0.717, 1.165) is 21.7 Å². The van der Waals surface area contributed by atoms with Crippen molar-refractivity contribution in [3.05, 3.63) is 38.5 Å². The highest BCUT2D eigenvalue weighted by molar-refractivity contribution is 7.15. The monoisotopic (exact) mass is 220 g/mol. The SMILES string of the molecule is Cc1ccc(-c2n[nH]c(=O)c(C)c2C)s1. The van der Waals surface area contributed by atoms with E-state index in [4.69, 9.17) is 0 Å². The predicted molar refractivity (Wildman–Crippen MR) is 62.4 cm³/mol. The van der Waals surface area contributed by atoms with Crippen molar-refractivity contribution in [2.75, 3.05) is 0 Å². The van der Waals surface area contributed by atoms with Gasteiger partial charge in [-0.25, -0.2) is 5.10 Å². The van der Waals surface area contributed by atoms with Gasteiger partial charge < -0.3 is 0 Å². The van der Waals surface area contributed by atoms with Crippen molar-refractivity contribution in [3.63, 3.8) is 0 Å². The van der Waals surface area contributed by atoms with E-state index >= 15 is 0 Å². The quantitative estimate of drug-likeness (QED) is 0.802. The second kappa shape index (κ2) is 3.62. The van der Waals surface area contributed by atoms with Crippen molar-refractivity contribution in [2.45, 2.75) is 20.8 Å². The van der Waals surface area contributed by atoms with E-state index in [0.29, 0.717) is 0 Å². The molecule has 0 unspecified atom stereocenters. The van der Waals surface area contributed by atoms with E-state index in [1.165, 1.54) is 4.88 Å². The molecule has 2 rings (SSSR count). The molecule has 0 aliphatic rings. The molecule has 0 aromatic carbocycles. The van der Waals surface area contributed by atoms with Crippen molar-refractivity contribution < 1.29 is 0 Å². The van der Waals surface area contributed by atoms with Gasteiger partial charge in [0.15, 0.2) is 0 Å². The van der Waals surface area contributed by atoms with E-state index in [9.17, 15) is 4.79 Å². The molecule has 0 amide bonds. The molecule has 2 heterocycles. The molecule has 0 saturated carbocycles. The number of aryl methyl sites for hydroxylation is 1. The lowest BCUT2D eigenvalue weighted by atomic mass is 10.1. The zero-order chi connectivity index (χ0) is 11.0. The average molecular weight is 220 g/mol. The molecule has 78 valence electrons. The smallest absolute Gasteiger partial charge is 0.267 e. The van der Waals surface area contributed by atoms with Crippen molar-refractivity contribution in [3.8, 4) is 10.6 Å². The maximum atomic E-state index is 11.3. The van der Waals surface area contributed by atoms with Gasteiger partial charge in [-0.2, -0.15) is 5.10 Å². The van der Waals surface area contributed by atoms with Gasteiger partial charge in [-0.3, -0.25) is 4.79 Å². The van der Waals surface area contributed by atoms with E-state index in [1.807, 2.05) is 19.9 Å². The Morgan fingerprint density at radius 2 is 1.93 bits per heavy atom. The van der Waals surface area contributed by atoms with E-state index in [2.05, 4.69) is 23.2 Å². The molecule has 0 saturated heterocycles. The minimum absolute atomic E-state index is 0.107. The molecule has 0 fully saturated rings. The first-order chi connectivity index (χ1) is 7.09. The van der Waals surface area contributed by atoms with Crippen molar-refractivity contribution in [1.82, 2.24) is 10.2 Å². The Kier molecular flexibility index (Phi) is 2.44. The molecule has 0 aliphatic heterocycles. The van der Waals surface area contributed by atoms with Crippen LogP contribution in [-0.2, 0) is 0 Å². The molecule has 0 spiro atoms. The van der Waals surface area contributed by atoms with Crippen molar-refractivity contribution in [2.24, 2.45) is 0 Å². The number of hydrogen-bond acceptors (Lipinski definition) is 3. The third-order valence-corrected chi connectivity index (χ3v) is 3.51. The van der Waals surface area contributed by atoms with Crippen LogP contribution in [0, 0.1) is 20.8 Å². The normalized spacial score (nSPS) is 10.6. The summed E-state index contributed by atoms with van der Waals surface area (Å²) >= 11 is 1.69. The molecule has 0 atom stereocenters. The molecule has 0 radical (unpaired) electrons. The maximum Gasteiger partial charge on any atom is 0.267 e. The van der Waals surface area contributed by atoms with Crippen LogP contribution in [0.4, 0.5) is 0 Å². The molecular weight excluding hydrogens is 208 g/mol. The third-order valence-electron chi connectivity index (χ3n) is 2.50. The molecule has 15 heavy (non-hydrogen) atoms. The van der Waals surface area contributed by atoms with Crippen LogP contribution in [0.3, 0.4) is 0 Å². The van der Waals surface area contributed by atoms with Gasteiger partial charge in [0.05, 0.1) is 4.88 Å². The predicted octanol–water partition coefficient (Wildman–Crippen LogP) is 2.42. The Hall–Kier alpha value is -1.42. The summed E-state index contributed by atoms with van der Waals surface area (Å²) in [7, 11) is 0. The lowest BCUT2D eigenvalue weighted by molar-refractivity contribution is 0.961. The van der Waals surface area contributed by atoms with Crippen LogP contribution < -0.4 is 5.56 Å². The van der Waals surface area contributed by atoms with Gasteiger partial charge in [-0.15, -0.1) is 11.3 Å². The number of H-pyrrole nitrogens is 1. The number of rotatable bonds is 1. The Balaban J connectivity index is 2.64. The highest BCUT2D eigenvalue weighted by atomic mass is 32.1. The number of aromatic amines is 1. The number of hydrogen-bond donors (Lipinski definition) is 1. The number of thiophene rings is 1. The highest BCUT2D eigenvalue weighted by Gasteiger charge is 2.09. The van der Waals surface area contributed by atoms with Crippen molar-refractivity contribution >= 4 is 11.3 Å².